The number of alkyl carbamates (subject to hydrolysis) is 1. The van der Waals surface area contributed by atoms with E-state index in [4.69, 9.17) is 9.47 Å². The summed E-state index contributed by atoms with van der Waals surface area (Å²) in [4.78, 5) is 48.6. The van der Waals surface area contributed by atoms with Gasteiger partial charge >= 0.3 is 12.1 Å². The molecule has 2 amide bonds. The summed E-state index contributed by atoms with van der Waals surface area (Å²) in [5.74, 6) is -0.369. The van der Waals surface area contributed by atoms with Crippen molar-refractivity contribution in [3.63, 3.8) is 0 Å². The average molecular weight is 504 g/mol. The van der Waals surface area contributed by atoms with E-state index in [2.05, 4.69) is 16.0 Å². The number of ether oxygens (including phenoxy) is 2. The van der Waals surface area contributed by atoms with Gasteiger partial charge in [0, 0.05) is 12.8 Å². The number of esters is 1. The van der Waals surface area contributed by atoms with Gasteiger partial charge in [0.05, 0.1) is 6.04 Å². The van der Waals surface area contributed by atoms with Gasteiger partial charge in [0.25, 0.3) is 0 Å². The van der Waals surface area contributed by atoms with Gasteiger partial charge in [-0.15, -0.1) is 0 Å². The topological polar surface area (TPSA) is 143 Å². The maximum atomic E-state index is 13.1. The number of nitrogens with one attached hydrogen (secondary N) is 3. The fourth-order valence-corrected chi connectivity index (χ4v) is 4.93. The van der Waals surface area contributed by atoms with Crippen LogP contribution >= 0.6 is 0 Å². The fraction of sp³-hybridized carbons (Fsp3) is 0.615. The number of carbonyl (C=O) groups excluding carboxylic acids is 4. The zero-order chi connectivity index (χ0) is 25.9. The predicted molar refractivity (Wildman–Crippen MR) is 131 cm³/mol. The summed E-state index contributed by atoms with van der Waals surface area (Å²) in [5, 5.41) is 18.3. The highest BCUT2D eigenvalue weighted by Crippen LogP contribution is 2.27. The molecule has 1 unspecified atom stereocenters. The number of hydrogen-bond donors (Lipinski definition) is 4. The van der Waals surface area contributed by atoms with Crippen molar-refractivity contribution in [3.05, 3.63) is 29.8 Å². The Morgan fingerprint density at radius 3 is 2.58 bits per heavy atom. The lowest BCUT2D eigenvalue weighted by atomic mass is 9.84. The molecule has 1 saturated heterocycles. The monoisotopic (exact) mass is 503 g/mol. The first kappa shape index (κ1) is 27.6. The van der Waals surface area contributed by atoms with E-state index in [1.807, 2.05) is 0 Å². The zero-order valence-corrected chi connectivity index (χ0v) is 20.7. The van der Waals surface area contributed by atoms with Crippen LogP contribution in [0, 0.1) is 11.8 Å². The Balaban J connectivity index is 1.58. The number of amides is 2. The molecule has 3 rings (SSSR count). The summed E-state index contributed by atoms with van der Waals surface area (Å²) in [6.45, 7) is 1.89. The van der Waals surface area contributed by atoms with Crippen molar-refractivity contribution < 1.29 is 33.8 Å². The van der Waals surface area contributed by atoms with Crippen molar-refractivity contribution in [2.24, 2.45) is 11.8 Å². The van der Waals surface area contributed by atoms with Crippen LogP contribution in [0.15, 0.2) is 24.3 Å². The summed E-state index contributed by atoms with van der Waals surface area (Å²) >= 11 is 0. The van der Waals surface area contributed by atoms with Crippen LogP contribution in [0.3, 0.4) is 0 Å². The average Bonchev–Trinajstić information content (AvgIpc) is 3.26. The Kier molecular flexibility index (Phi) is 10.7. The van der Waals surface area contributed by atoms with E-state index in [9.17, 15) is 24.3 Å². The van der Waals surface area contributed by atoms with Crippen molar-refractivity contribution in [2.75, 3.05) is 6.54 Å². The zero-order valence-electron chi connectivity index (χ0n) is 20.7. The number of aldehydes is 1. The SMILES string of the molecule is CC(=O)Oc1cccc(COC(=O)N[C@@H](CC2CCCCC2)C(=O)N[C@H](C=O)C[C@@H]2CCNC2O)c1. The van der Waals surface area contributed by atoms with E-state index in [-0.39, 0.29) is 12.5 Å². The number of aliphatic hydroxyl groups is 1. The van der Waals surface area contributed by atoms with Crippen LogP contribution in [0.2, 0.25) is 0 Å². The normalized spacial score (nSPS) is 21.7. The van der Waals surface area contributed by atoms with Crippen LogP contribution in [-0.2, 0) is 25.7 Å². The molecule has 36 heavy (non-hydrogen) atoms. The van der Waals surface area contributed by atoms with Crippen molar-refractivity contribution >= 4 is 24.3 Å². The molecule has 1 aliphatic carbocycles. The van der Waals surface area contributed by atoms with Crippen molar-refractivity contribution in [3.8, 4) is 5.75 Å². The molecule has 2 fully saturated rings. The standard InChI is InChI=1S/C26H37N3O7/c1-17(31)36-22-9-5-8-19(12-22)16-35-26(34)29-23(13-18-6-3-2-4-7-18)25(33)28-21(15-30)14-20-10-11-27-24(20)32/h5,8-9,12,15,18,20-21,23-24,27,32H,2-4,6-7,10-11,13-14,16H2,1H3,(H,28,33)(H,29,34)/t20-,21-,23-,24?/m0/s1. The van der Waals surface area contributed by atoms with Gasteiger partial charge in [-0.1, -0.05) is 44.2 Å². The Hall–Kier alpha value is -2.98. The Morgan fingerprint density at radius 1 is 1.14 bits per heavy atom. The highest BCUT2D eigenvalue weighted by atomic mass is 16.5. The second kappa shape index (κ2) is 13.9. The first-order chi connectivity index (χ1) is 17.3. The molecule has 198 valence electrons. The Bertz CT molecular complexity index is 903. The highest BCUT2D eigenvalue weighted by Gasteiger charge is 2.31. The molecule has 1 saturated carbocycles. The van der Waals surface area contributed by atoms with E-state index in [0.29, 0.717) is 42.9 Å². The smallest absolute Gasteiger partial charge is 0.408 e. The fourth-order valence-electron chi connectivity index (χ4n) is 4.93. The maximum absolute atomic E-state index is 13.1. The van der Waals surface area contributed by atoms with Crippen LogP contribution in [-0.4, -0.2) is 54.2 Å². The lowest BCUT2D eigenvalue weighted by Gasteiger charge is -2.27. The molecule has 1 heterocycles. The third-order valence-electron chi connectivity index (χ3n) is 6.80. The first-order valence-electron chi connectivity index (χ1n) is 12.7. The molecular weight excluding hydrogens is 466 g/mol. The number of hydrogen-bond acceptors (Lipinski definition) is 8. The molecule has 10 heteroatoms. The van der Waals surface area contributed by atoms with Crippen LogP contribution < -0.4 is 20.7 Å². The molecule has 0 spiro atoms. The van der Waals surface area contributed by atoms with E-state index >= 15 is 0 Å². The second-order valence-electron chi connectivity index (χ2n) is 9.69. The highest BCUT2D eigenvalue weighted by molar-refractivity contribution is 5.87. The van der Waals surface area contributed by atoms with Crippen molar-refractivity contribution in [1.82, 2.24) is 16.0 Å². The molecule has 4 atom stereocenters. The molecule has 1 aromatic rings. The second-order valence-corrected chi connectivity index (χ2v) is 9.69. The summed E-state index contributed by atoms with van der Waals surface area (Å²) in [7, 11) is 0. The van der Waals surface area contributed by atoms with Crippen LogP contribution in [0.1, 0.15) is 63.9 Å². The van der Waals surface area contributed by atoms with Crippen molar-refractivity contribution in [2.45, 2.75) is 83.2 Å². The third-order valence-corrected chi connectivity index (χ3v) is 6.80. The van der Waals surface area contributed by atoms with Crippen LogP contribution in [0.4, 0.5) is 4.79 Å². The molecule has 2 aliphatic rings. The molecule has 1 aliphatic heterocycles. The summed E-state index contributed by atoms with van der Waals surface area (Å²) in [6, 6.07) is 5.04. The largest absolute Gasteiger partial charge is 0.445 e. The van der Waals surface area contributed by atoms with Gasteiger partial charge in [0.2, 0.25) is 5.91 Å². The predicted octanol–water partition coefficient (Wildman–Crippen LogP) is 2.18. The van der Waals surface area contributed by atoms with Crippen molar-refractivity contribution in [1.29, 1.82) is 0 Å². The number of aliphatic hydroxyl groups excluding tert-OH is 1. The van der Waals surface area contributed by atoms with Gasteiger partial charge in [-0.05, 0) is 49.4 Å². The van der Waals surface area contributed by atoms with E-state index in [0.717, 1.165) is 32.1 Å². The molecule has 1 aromatic carbocycles. The van der Waals surface area contributed by atoms with Gasteiger partial charge < -0.3 is 30.0 Å². The molecule has 0 bridgehead atoms. The molecule has 0 radical (unpaired) electrons. The van der Waals surface area contributed by atoms with E-state index in [1.54, 1.807) is 24.3 Å². The molecule has 4 N–H and O–H groups in total. The van der Waals surface area contributed by atoms with E-state index < -0.39 is 36.3 Å². The minimum Gasteiger partial charge on any atom is -0.445 e. The van der Waals surface area contributed by atoms with Crippen LogP contribution in [0.5, 0.6) is 5.75 Å². The maximum Gasteiger partial charge on any atom is 0.408 e. The van der Waals surface area contributed by atoms with Gasteiger partial charge in [-0.2, -0.15) is 0 Å². The van der Waals surface area contributed by atoms with Gasteiger partial charge in [-0.25, -0.2) is 4.79 Å². The molecule has 0 aromatic heterocycles. The minimum absolute atomic E-state index is 0.0672. The molecular formula is C26H37N3O7. The van der Waals surface area contributed by atoms with Gasteiger partial charge in [0.15, 0.2) is 0 Å². The number of carbonyl (C=O) groups is 4. The number of rotatable bonds is 11. The first-order valence-corrected chi connectivity index (χ1v) is 12.7. The summed E-state index contributed by atoms with van der Waals surface area (Å²) in [6.07, 6.45) is 6.05. The molecule has 10 nitrogen and oxygen atoms in total. The Morgan fingerprint density at radius 2 is 1.92 bits per heavy atom. The quantitative estimate of drug-likeness (QED) is 0.204. The van der Waals surface area contributed by atoms with E-state index in [1.165, 1.54) is 13.3 Å². The summed E-state index contributed by atoms with van der Waals surface area (Å²) < 4.78 is 10.4. The van der Waals surface area contributed by atoms with Gasteiger partial charge in [0.1, 0.15) is 30.9 Å². The minimum atomic E-state index is -0.845. The van der Waals surface area contributed by atoms with Gasteiger partial charge in [-0.3, -0.25) is 14.9 Å². The summed E-state index contributed by atoms with van der Waals surface area (Å²) in [5.41, 5.74) is 0.627. The van der Waals surface area contributed by atoms with Crippen LogP contribution in [0.25, 0.3) is 0 Å². The number of benzene rings is 1. The lowest BCUT2D eigenvalue weighted by molar-refractivity contribution is -0.131. The lowest BCUT2D eigenvalue weighted by Crippen LogP contribution is -2.51. The Labute approximate surface area is 211 Å². The third kappa shape index (κ3) is 8.91.